The predicted molar refractivity (Wildman–Crippen MR) is 90.0 cm³/mol. The monoisotopic (exact) mass is 319 g/mol. The molecule has 0 spiro atoms. The highest BCUT2D eigenvalue weighted by Crippen LogP contribution is 2.32. The van der Waals surface area contributed by atoms with Crippen molar-refractivity contribution in [2.24, 2.45) is 5.92 Å². The van der Waals surface area contributed by atoms with E-state index < -0.39 is 4.92 Å². The van der Waals surface area contributed by atoms with Crippen molar-refractivity contribution >= 4 is 11.4 Å². The number of nitro groups is 1. The van der Waals surface area contributed by atoms with E-state index in [2.05, 4.69) is 9.80 Å². The van der Waals surface area contributed by atoms with Crippen molar-refractivity contribution in [2.75, 3.05) is 37.6 Å². The van der Waals surface area contributed by atoms with E-state index in [0.29, 0.717) is 0 Å². The van der Waals surface area contributed by atoms with Gasteiger partial charge < -0.3 is 14.9 Å². The van der Waals surface area contributed by atoms with Crippen LogP contribution >= 0.6 is 0 Å². The predicted octanol–water partition coefficient (Wildman–Crippen LogP) is 3.00. The van der Waals surface area contributed by atoms with Gasteiger partial charge in [-0.2, -0.15) is 0 Å². The zero-order valence-corrected chi connectivity index (χ0v) is 13.5. The Morgan fingerprint density at radius 2 is 1.83 bits per heavy atom. The molecule has 0 amide bonds. The van der Waals surface area contributed by atoms with Gasteiger partial charge in [0.15, 0.2) is 5.75 Å². The maximum absolute atomic E-state index is 10.8. The number of phenols is 1. The third-order valence-corrected chi connectivity index (χ3v) is 5.10. The standard InChI is InChI=1S/C17H25N3O3/c21-17-12-15(4-5-16(17)20(22)23)19-10-6-14(7-11-19)13-18-8-2-1-3-9-18/h4-5,12,14,21H,1-3,6-11,13H2. The van der Waals surface area contributed by atoms with Gasteiger partial charge in [-0.25, -0.2) is 0 Å². The van der Waals surface area contributed by atoms with E-state index in [0.717, 1.165) is 37.5 Å². The number of nitrogens with zero attached hydrogens (tertiary/aromatic N) is 3. The summed E-state index contributed by atoms with van der Waals surface area (Å²) in [7, 11) is 0. The topological polar surface area (TPSA) is 69.9 Å². The van der Waals surface area contributed by atoms with Crippen LogP contribution in [0.5, 0.6) is 5.75 Å². The van der Waals surface area contributed by atoms with Crippen molar-refractivity contribution in [2.45, 2.75) is 32.1 Å². The zero-order chi connectivity index (χ0) is 16.2. The normalized spacial score (nSPS) is 20.6. The van der Waals surface area contributed by atoms with Crippen molar-refractivity contribution in [3.63, 3.8) is 0 Å². The molecule has 0 atom stereocenters. The molecular weight excluding hydrogens is 294 g/mol. The molecule has 1 N–H and O–H groups in total. The van der Waals surface area contributed by atoms with Crippen LogP contribution in [0.2, 0.25) is 0 Å². The Kier molecular flexibility index (Phi) is 5.00. The van der Waals surface area contributed by atoms with Gasteiger partial charge in [0, 0.05) is 37.5 Å². The summed E-state index contributed by atoms with van der Waals surface area (Å²) in [5, 5.41) is 20.6. The molecule has 0 saturated carbocycles. The Hall–Kier alpha value is -1.82. The first-order valence-corrected chi connectivity index (χ1v) is 8.58. The summed E-state index contributed by atoms with van der Waals surface area (Å²) in [6.45, 7) is 5.61. The molecule has 2 fully saturated rings. The fourth-order valence-corrected chi connectivity index (χ4v) is 3.74. The van der Waals surface area contributed by atoms with Crippen molar-refractivity contribution < 1.29 is 10.0 Å². The summed E-state index contributed by atoms with van der Waals surface area (Å²) in [4.78, 5) is 15.0. The molecule has 0 unspecified atom stereocenters. The SMILES string of the molecule is O=[N+]([O-])c1ccc(N2CCC(CN3CCCCC3)CC2)cc1O. The first kappa shape index (κ1) is 16.1. The molecule has 2 aliphatic rings. The van der Waals surface area contributed by atoms with Gasteiger partial charge in [0.25, 0.3) is 0 Å². The quantitative estimate of drug-likeness (QED) is 0.682. The number of hydrogen-bond acceptors (Lipinski definition) is 5. The van der Waals surface area contributed by atoms with E-state index in [1.54, 1.807) is 6.07 Å². The van der Waals surface area contributed by atoms with E-state index >= 15 is 0 Å². The van der Waals surface area contributed by atoms with Crippen LogP contribution in [0.15, 0.2) is 18.2 Å². The molecule has 0 radical (unpaired) electrons. The molecule has 2 heterocycles. The number of benzene rings is 1. The first-order valence-electron chi connectivity index (χ1n) is 8.58. The van der Waals surface area contributed by atoms with Gasteiger partial charge in [-0.1, -0.05) is 6.42 Å². The number of phenolic OH excluding ortho intramolecular Hbond substituents is 1. The Morgan fingerprint density at radius 3 is 2.43 bits per heavy atom. The summed E-state index contributed by atoms with van der Waals surface area (Å²) < 4.78 is 0. The summed E-state index contributed by atoms with van der Waals surface area (Å²) in [6, 6.07) is 4.65. The highest BCUT2D eigenvalue weighted by Gasteiger charge is 2.23. The van der Waals surface area contributed by atoms with Gasteiger partial charge >= 0.3 is 5.69 Å². The van der Waals surface area contributed by atoms with Gasteiger partial charge in [-0.15, -0.1) is 0 Å². The smallest absolute Gasteiger partial charge is 0.310 e. The second-order valence-electron chi connectivity index (χ2n) is 6.72. The Balaban J connectivity index is 1.54. The second-order valence-corrected chi connectivity index (χ2v) is 6.72. The molecule has 0 bridgehead atoms. The fourth-order valence-electron chi connectivity index (χ4n) is 3.74. The largest absolute Gasteiger partial charge is 0.502 e. The minimum atomic E-state index is -0.552. The van der Waals surface area contributed by atoms with Crippen LogP contribution in [0.25, 0.3) is 0 Å². The molecule has 2 aliphatic heterocycles. The summed E-state index contributed by atoms with van der Waals surface area (Å²) >= 11 is 0. The highest BCUT2D eigenvalue weighted by molar-refractivity contribution is 5.58. The molecule has 3 rings (SSSR count). The summed E-state index contributed by atoms with van der Waals surface area (Å²) in [5.41, 5.74) is 0.651. The van der Waals surface area contributed by atoms with Crippen LogP contribution in [0, 0.1) is 16.0 Å². The fraction of sp³-hybridized carbons (Fsp3) is 0.647. The number of likely N-dealkylation sites (tertiary alicyclic amines) is 1. The third kappa shape index (κ3) is 3.93. The van der Waals surface area contributed by atoms with E-state index in [4.69, 9.17) is 0 Å². The minimum Gasteiger partial charge on any atom is -0.502 e. The Morgan fingerprint density at radius 1 is 1.13 bits per heavy atom. The lowest BCUT2D eigenvalue weighted by Crippen LogP contribution is -2.40. The van der Waals surface area contributed by atoms with E-state index in [1.807, 2.05) is 0 Å². The van der Waals surface area contributed by atoms with Crippen molar-refractivity contribution in [3.8, 4) is 5.75 Å². The van der Waals surface area contributed by atoms with Crippen LogP contribution in [-0.2, 0) is 0 Å². The van der Waals surface area contributed by atoms with Crippen molar-refractivity contribution in [3.05, 3.63) is 28.3 Å². The number of hydrogen-bond donors (Lipinski definition) is 1. The zero-order valence-electron chi connectivity index (χ0n) is 13.5. The molecule has 2 saturated heterocycles. The maximum atomic E-state index is 10.8. The molecule has 126 valence electrons. The third-order valence-electron chi connectivity index (χ3n) is 5.10. The van der Waals surface area contributed by atoms with E-state index in [1.165, 1.54) is 51.0 Å². The summed E-state index contributed by atoms with van der Waals surface area (Å²) in [5.74, 6) is 0.499. The number of aromatic hydroxyl groups is 1. The van der Waals surface area contributed by atoms with E-state index in [9.17, 15) is 15.2 Å². The molecule has 1 aromatic carbocycles. The molecular formula is C17H25N3O3. The molecule has 6 nitrogen and oxygen atoms in total. The Labute approximate surface area is 136 Å². The van der Waals surface area contributed by atoms with Crippen LogP contribution in [0.3, 0.4) is 0 Å². The molecule has 0 aliphatic carbocycles. The number of piperidine rings is 2. The second kappa shape index (κ2) is 7.17. The lowest BCUT2D eigenvalue weighted by Gasteiger charge is -2.37. The van der Waals surface area contributed by atoms with Crippen LogP contribution in [0.4, 0.5) is 11.4 Å². The number of anilines is 1. The molecule has 0 aromatic heterocycles. The lowest BCUT2D eigenvalue weighted by atomic mass is 9.95. The van der Waals surface area contributed by atoms with Gasteiger partial charge in [-0.3, -0.25) is 10.1 Å². The average molecular weight is 319 g/mol. The Bertz CT molecular complexity index is 550. The lowest BCUT2D eigenvalue weighted by molar-refractivity contribution is -0.385. The highest BCUT2D eigenvalue weighted by atomic mass is 16.6. The van der Waals surface area contributed by atoms with Gasteiger partial charge in [0.05, 0.1) is 4.92 Å². The van der Waals surface area contributed by atoms with E-state index in [-0.39, 0.29) is 11.4 Å². The average Bonchev–Trinajstić information content (AvgIpc) is 2.56. The number of nitro benzene ring substituents is 1. The van der Waals surface area contributed by atoms with Crippen molar-refractivity contribution in [1.82, 2.24) is 4.90 Å². The van der Waals surface area contributed by atoms with Crippen LogP contribution < -0.4 is 4.90 Å². The van der Waals surface area contributed by atoms with Gasteiger partial charge in [0.2, 0.25) is 0 Å². The number of rotatable bonds is 4. The van der Waals surface area contributed by atoms with Crippen LogP contribution in [0.1, 0.15) is 32.1 Å². The van der Waals surface area contributed by atoms with Crippen LogP contribution in [-0.4, -0.2) is 47.7 Å². The summed E-state index contributed by atoms with van der Waals surface area (Å²) in [6.07, 6.45) is 6.34. The maximum Gasteiger partial charge on any atom is 0.310 e. The van der Waals surface area contributed by atoms with Gasteiger partial charge in [0.1, 0.15) is 0 Å². The molecule has 23 heavy (non-hydrogen) atoms. The first-order chi connectivity index (χ1) is 11.1. The minimum absolute atomic E-state index is 0.228. The molecule has 1 aromatic rings. The molecule has 6 heteroatoms. The van der Waals surface area contributed by atoms with Crippen molar-refractivity contribution in [1.29, 1.82) is 0 Å². The van der Waals surface area contributed by atoms with Gasteiger partial charge in [-0.05, 0) is 50.8 Å².